The van der Waals surface area contributed by atoms with Crippen LogP contribution in [0.5, 0.6) is 0 Å². The molecule has 0 aromatic rings. The number of halogens is 3. The quantitative estimate of drug-likeness (QED) is 0.661. The highest BCUT2D eigenvalue weighted by molar-refractivity contribution is 9.09. The molecule has 66 valence electrons. The van der Waals surface area contributed by atoms with Crippen LogP contribution in [0.1, 0.15) is 12.8 Å². The molecule has 0 aromatic carbocycles. The Bertz CT molecular complexity index is 124. The summed E-state index contributed by atoms with van der Waals surface area (Å²) in [5.41, 5.74) is 0. The van der Waals surface area contributed by atoms with Gasteiger partial charge in [-0.3, -0.25) is 0 Å². The van der Waals surface area contributed by atoms with Crippen molar-refractivity contribution < 1.29 is 13.5 Å². The van der Waals surface area contributed by atoms with Gasteiger partial charge in [0, 0.05) is 19.1 Å². The lowest BCUT2D eigenvalue weighted by Crippen LogP contribution is -2.34. The Labute approximate surface area is 73.2 Å². The Morgan fingerprint density at radius 2 is 1.91 bits per heavy atom. The monoisotopic (exact) mass is 228 g/mol. The first-order chi connectivity index (χ1) is 5.17. The van der Waals surface area contributed by atoms with Crippen LogP contribution in [-0.2, 0) is 4.74 Å². The van der Waals surface area contributed by atoms with Gasteiger partial charge in [0.15, 0.2) is 0 Å². The summed E-state index contributed by atoms with van der Waals surface area (Å²) in [5, 5.41) is -0.231. The molecule has 0 aromatic heterocycles. The van der Waals surface area contributed by atoms with Crippen LogP contribution >= 0.6 is 15.9 Å². The molecule has 0 amide bonds. The Morgan fingerprint density at radius 1 is 1.36 bits per heavy atom. The van der Waals surface area contributed by atoms with E-state index in [4.69, 9.17) is 4.74 Å². The average molecular weight is 229 g/mol. The Morgan fingerprint density at radius 3 is 2.36 bits per heavy atom. The van der Waals surface area contributed by atoms with Gasteiger partial charge in [0.2, 0.25) is 0 Å². The van der Waals surface area contributed by atoms with Crippen LogP contribution < -0.4 is 0 Å². The minimum atomic E-state index is -2.55. The first-order valence-corrected chi connectivity index (χ1v) is 4.80. The van der Waals surface area contributed by atoms with E-state index in [2.05, 4.69) is 15.9 Å². The van der Waals surface area contributed by atoms with E-state index in [0.717, 1.165) is 0 Å². The fraction of sp³-hybridized carbons (Fsp3) is 1.00. The van der Waals surface area contributed by atoms with Crippen molar-refractivity contribution in [2.75, 3.05) is 18.5 Å². The zero-order valence-electron chi connectivity index (χ0n) is 6.16. The van der Waals surface area contributed by atoms with Crippen LogP contribution in [0.3, 0.4) is 0 Å². The average Bonchev–Trinajstić information content (AvgIpc) is 2.06. The number of ether oxygens (including phenoxy) is 1. The van der Waals surface area contributed by atoms with Crippen LogP contribution in [0, 0.1) is 5.92 Å². The van der Waals surface area contributed by atoms with Crippen LogP contribution in [-0.4, -0.2) is 24.5 Å². The maximum absolute atomic E-state index is 12.9. The van der Waals surface area contributed by atoms with E-state index in [0.29, 0.717) is 26.1 Å². The standard InChI is InChI=1S/C7H11BrF2O/c8-5-7(9,10)6-1-3-11-4-2-6/h6H,1-5H2. The molecule has 1 aliphatic rings. The molecule has 0 radical (unpaired) electrons. The van der Waals surface area contributed by atoms with Gasteiger partial charge in [-0.25, -0.2) is 8.78 Å². The normalized spacial score (nSPS) is 22.1. The lowest BCUT2D eigenvalue weighted by molar-refractivity contribution is -0.0772. The second-order valence-corrected chi connectivity index (χ2v) is 3.34. The third kappa shape index (κ3) is 2.37. The molecule has 0 aliphatic carbocycles. The molecule has 1 aliphatic heterocycles. The van der Waals surface area contributed by atoms with Gasteiger partial charge in [0.25, 0.3) is 5.92 Å². The Hall–Kier alpha value is 0.300. The van der Waals surface area contributed by atoms with Crippen molar-refractivity contribution in [3.05, 3.63) is 0 Å². The second-order valence-electron chi connectivity index (χ2n) is 2.78. The van der Waals surface area contributed by atoms with E-state index in [1.54, 1.807) is 0 Å². The number of hydrogen-bond acceptors (Lipinski definition) is 1. The minimum Gasteiger partial charge on any atom is -0.381 e. The van der Waals surface area contributed by atoms with Crippen molar-refractivity contribution in [2.45, 2.75) is 18.8 Å². The summed E-state index contributed by atoms with van der Waals surface area (Å²) in [6, 6.07) is 0. The first-order valence-electron chi connectivity index (χ1n) is 3.68. The smallest absolute Gasteiger partial charge is 0.260 e. The van der Waals surface area contributed by atoms with E-state index < -0.39 is 11.8 Å². The van der Waals surface area contributed by atoms with Gasteiger partial charge in [-0.15, -0.1) is 0 Å². The van der Waals surface area contributed by atoms with E-state index in [9.17, 15) is 8.78 Å². The van der Waals surface area contributed by atoms with Crippen LogP contribution in [0.2, 0.25) is 0 Å². The fourth-order valence-electron chi connectivity index (χ4n) is 1.23. The molecule has 11 heavy (non-hydrogen) atoms. The van der Waals surface area contributed by atoms with E-state index in [1.165, 1.54) is 0 Å². The predicted molar refractivity (Wildman–Crippen MR) is 42.3 cm³/mol. The lowest BCUT2D eigenvalue weighted by Gasteiger charge is -2.28. The van der Waals surface area contributed by atoms with Crippen LogP contribution in [0.25, 0.3) is 0 Å². The van der Waals surface area contributed by atoms with Gasteiger partial charge in [-0.2, -0.15) is 0 Å². The van der Waals surface area contributed by atoms with E-state index in [1.807, 2.05) is 0 Å². The van der Waals surface area contributed by atoms with E-state index in [-0.39, 0.29) is 5.33 Å². The number of alkyl halides is 3. The molecule has 1 fully saturated rings. The zero-order valence-corrected chi connectivity index (χ0v) is 7.74. The van der Waals surface area contributed by atoms with Crippen molar-refractivity contribution in [3.63, 3.8) is 0 Å². The molecule has 1 saturated heterocycles. The van der Waals surface area contributed by atoms with Crippen molar-refractivity contribution in [3.8, 4) is 0 Å². The maximum atomic E-state index is 12.9. The summed E-state index contributed by atoms with van der Waals surface area (Å²) in [6.07, 6.45) is 0.969. The topological polar surface area (TPSA) is 9.23 Å². The first kappa shape index (κ1) is 9.39. The fourth-order valence-corrected chi connectivity index (χ4v) is 1.69. The second kappa shape index (κ2) is 3.81. The molecule has 0 spiro atoms. The highest BCUT2D eigenvalue weighted by Gasteiger charge is 2.38. The third-order valence-electron chi connectivity index (χ3n) is 2.00. The molecule has 0 bridgehead atoms. The van der Waals surface area contributed by atoms with Gasteiger partial charge in [0.05, 0.1) is 5.33 Å². The van der Waals surface area contributed by atoms with Gasteiger partial charge in [-0.05, 0) is 12.8 Å². The molecule has 4 heteroatoms. The Balaban J connectivity index is 2.43. The summed E-state index contributed by atoms with van der Waals surface area (Å²) in [4.78, 5) is 0. The number of rotatable bonds is 2. The molecule has 1 heterocycles. The SMILES string of the molecule is FC(F)(CBr)C1CCOCC1. The van der Waals surface area contributed by atoms with Gasteiger partial charge >= 0.3 is 0 Å². The largest absolute Gasteiger partial charge is 0.381 e. The zero-order chi connectivity index (χ0) is 8.32. The molecule has 0 saturated carbocycles. The highest BCUT2D eigenvalue weighted by atomic mass is 79.9. The van der Waals surface area contributed by atoms with Crippen molar-refractivity contribution in [2.24, 2.45) is 5.92 Å². The Kier molecular flexibility index (Phi) is 3.25. The highest BCUT2D eigenvalue weighted by Crippen LogP contribution is 2.33. The van der Waals surface area contributed by atoms with Gasteiger partial charge in [0.1, 0.15) is 0 Å². The lowest BCUT2D eigenvalue weighted by atomic mass is 9.94. The summed E-state index contributed by atoms with van der Waals surface area (Å²) < 4.78 is 30.9. The van der Waals surface area contributed by atoms with Crippen molar-refractivity contribution in [1.82, 2.24) is 0 Å². The molecular formula is C7H11BrF2O. The number of hydrogen-bond donors (Lipinski definition) is 0. The minimum absolute atomic E-state index is 0.231. The molecule has 0 atom stereocenters. The van der Waals surface area contributed by atoms with Crippen LogP contribution in [0.15, 0.2) is 0 Å². The molecule has 0 unspecified atom stereocenters. The van der Waals surface area contributed by atoms with Crippen molar-refractivity contribution in [1.29, 1.82) is 0 Å². The summed E-state index contributed by atoms with van der Waals surface area (Å²) in [7, 11) is 0. The summed E-state index contributed by atoms with van der Waals surface area (Å²) in [5.74, 6) is -3.04. The molecular weight excluding hydrogens is 218 g/mol. The van der Waals surface area contributed by atoms with Crippen molar-refractivity contribution >= 4 is 15.9 Å². The van der Waals surface area contributed by atoms with E-state index >= 15 is 0 Å². The maximum Gasteiger partial charge on any atom is 0.260 e. The van der Waals surface area contributed by atoms with Gasteiger partial charge < -0.3 is 4.74 Å². The molecule has 1 rings (SSSR count). The molecule has 1 nitrogen and oxygen atoms in total. The summed E-state index contributed by atoms with van der Waals surface area (Å²) in [6.45, 7) is 0.959. The summed E-state index contributed by atoms with van der Waals surface area (Å²) >= 11 is 2.82. The third-order valence-corrected chi connectivity index (χ3v) is 2.74. The van der Waals surface area contributed by atoms with Crippen LogP contribution in [0.4, 0.5) is 8.78 Å². The predicted octanol–water partition coefficient (Wildman–Crippen LogP) is 2.44. The molecule has 0 N–H and O–H groups in total. The van der Waals surface area contributed by atoms with Gasteiger partial charge in [-0.1, -0.05) is 15.9 Å².